The first-order chi connectivity index (χ1) is 4.21. The average molecular weight is 183 g/mol. The van der Waals surface area contributed by atoms with Crippen molar-refractivity contribution in [2.24, 2.45) is 0 Å². The van der Waals surface area contributed by atoms with Crippen molar-refractivity contribution in [2.75, 3.05) is 6.16 Å². The minimum absolute atomic E-state index is 0.169. The highest BCUT2D eigenvalue weighted by atomic mass is 31.2. The summed E-state index contributed by atoms with van der Waals surface area (Å²) in [7, 11) is -4.70. The Hall–Kier alpha value is 0.527. The van der Waals surface area contributed by atoms with Crippen LogP contribution in [-0.4, -0.2) is 28.9 Å². The molecule has 0 aliphatic carbocycles. The Labute approximate surface area is 63.3 Å². The zero-order valence-corrected chi connectivity index (χ0v) is 8.60. The molecule has 0 aliphatic heterocycles. The molecule has 3 nitrogen and oxygen atoms in total. The van der Waals surface area contributed by atoms with Crippen LogP contribution in [0.15, 0.2) is 0 Å². The van der Waals surface area contributed by atoms with Gasteiger partial charge in [-0.15, -0.1) is 0 Å². The molecule has 0 unspecified atom stereocenters. The molecule has 0 rings (SSSR count). The van der Waals surface area contributed by atoms with E-state index in [-0.39, 0.29) is 6.16 Å². The molecule has 0 aromatic carbocycles. The normalized spacial score (nSPS) is 13.8. The second-order valence-corrected chi connectivity index (χ2v) is 11.2. The minimum Gasteiger partial charge on any atom is -0.193 e. The Morgan fingerprint density at radius 1 is 1.10 bits per heavy atom. The van der Waals surface area contributed by atoms with E-state index in [0.717, 1.165) is 6.04 Å². The Morgan fingerprint density at radius 3 is 1.60 bits per heavy atom. The lowest BCUT2D eigenvalue weighted by Gasteiger charge is -2.14. The molecule has 3 N–H and O–H groups in total. The van der Waals surface area contributed by atoms with Gasteiger partial charge in [0.1, 0.15) is 6.16 Å². The molecule has 0 atom stereocenters. The summed E-state index contributed by atoms with van der Waals surface area (Å²) in [6.45, 7) is 6.38. The molecule has 0 saturated carbocycles. The molecule has 0 aromatic rings. The van der Waals surface area contributed by atoms with E-state index < -0.39 is 16.0 Å². The van der Waals surface area contributed by atoms with Gasteiger partial charge in [-0.2, -0.15) is 14.7 Å². The SMILES string of the molecule is C[Si](C)(C)CC[P+](O)(O)O. The quantitative estimate of drug-likeness (QED) is 0.453. The molecular formula is C5H16O3PSi+. The summed E-state index contributed by atoms with van der Waals surface area (Å²) in [5.41, 5.74) is 0. The predicted molar refractivity (Wildman–Crippen MR) is 46.6 cm³/mol. The fourth-order valence-electron chi connectivity index (χ4n) is 0.485. The Morgan fingerprint density at radius 2 is 1.50 bits per heavy atom. The van der Waals surface area contributed by atoms with Gasteiger partial charge in [-0.05, 0) is 6.04 Å². The van der Waals surface area contributed by atoms with E-state index in [1.807, 2.05) is 0 Å². The summed E-state index contributed by atoms with van der Waals surface area (Å²) in [4.78, 5) is 25.9. The van der Waals surface area contributed by atoms with Crippen LogP contribution in [0, 0.1) is 0 Å². The maximum atomic E-state index is 8.63. The molecule has 0 bridgehead atoms. The van der Waals surface area contributed by atoms with Crippen LogP contribution in [0.2, 0.25) is 25.7 Å². The van der Waals surface area contributed by atoms with Crippen LogP contribution < -0.4 is 0 Å². The van der Waals surface area contributed by atoms with E-state index in [0.29, 0.717) is 0 Å². The molecule has 0 saturated heterocycles. The van der Waals surface area contributed by atoms with Gasteiger partial charge in [-0.25, -0.2) is 0 Å². The van der Waals surface area contributed by atoms with Gasteiger partial charge in [-0.1, -0.05) is 19.6 Å². The van der Waals surface area contributed by atoms with E-state index in [4.69, 9.17) is 14.7 Å². The van der Waals surface area contributed by atoms with Crippen LogP contribution in [0.1, 0.15) is 0 Å². The van der Waals surface area contributed by atoms with Crippen LogP contribution in [-0.2, 0) is 0 Å². The third-order valence-electron chi connectivity index (χ3n) is 1.16. The van der Waals surface area contributed by atoms with Gasteiger partial charge in [0.15, 0.2) is 0 Å². The topological polar surface area (TPSA) is 60.7 Å². The number of hydrogen-bond donors (Lipinski definition) is 3. The fourth-order valence-corrected chi connectivity index (χ4v) is 4.37. The van der Waals surface area contributed by atoms with Crippen LogP contribution in [0.4, 0.5) is 0 Å². The van der Waals surface area contributed by atoms with E-state index >= 15 is 0 Å². The van der Waals surface area contributed by atoms with Crippen molar-refractivity contribution in [3.8, 4) is 0 Å². The van der Waals surface area contributed by atoms with Crippen molar-refractivity contribution in [1.29, 1.82) is 0 Å². The van der Waals surface area contributed by atoms with Crippen LogP contribution in [0.5, 0.6) is 0 Å². The molecule has 10 heavy (non-hydrogen) atoms. The Kier molecular flexibility index (Phi) is 3.46. The van der Waals surface area contributed by atoms with E-state index in [1.165, 1.54) is 0 Å². The van der Waals surface area contributed by atoms with Crippen LogP contribution in [0.25, 0.3) is 0 Å². The van der Waals surface area contributed by atoms with Gasteiger partial charge in [0.25, 0.3) is 0 Å². The highest BCUT2D eigenvalue weighted by Gasteiger charge is 2.31. The largest absolute Gasteiger partial charge is 0.403 e. The summed E-state index contributed by atoms with van der Waals surface area (Å²) < 4.78 is 0. The van der Waals surface area contributed by atoms with Gasteiger partial charge in [0.2, 0.25) is 0 Å². The standard InChI is InChI=1S/C5H16O3PSi/c1-10(2,3)5-4-9(6,7)8/h6-8H,4-5H2,1-3H3/q+1. The second kappa shape index (κ2) is 3.28. The number of rotatable bonds is 3. The Balaban J connectivity index is 3.56. The summed E-state index contributed by atoms with van der Waals surface area (Å²) in [6.07, 6.45) is 0.169. The monoisotopic (exact) mass is 183 g/mol. The third kappa shape index (κ3) is 8.53. The highest BCUT2D eigenvalue weighted by molar-refractivity contribution is 7.58. The van der Waals surface area contributed by atoms with Crippen molar-refractivity contribution in [3.63, 3.8) is 0 Å². The molecule has 62 valence electrons. The first-order valence-electron chi connectivity index (χ1n) is 3.27. The maximum Gasteiger partial charge on any atom is 0.403 e. The lowest BCUT2D eigenvalue weighted by molar-refractivity contribution is 0.332. The number of hydrogen-bond acceptors (Lipinski definition) is 3. The lowest BCUT2D eigenvalue weighted by atomic mass is 11.0. The summed E-state index contributed by atoms with van der Waals surface area (Å²) in [6, 6.07) is 0.768. The summed E-state index contributed by atoms with van der Waals surface area (Å²) >= 11 is 0. The van der Waals surface area contributed by atoms with Crippen LogP contribution in [0.3, 0.4) is 0 Å². The smallest absolute Gasteiger partial charge is 0.193 e. The van der Waals surface area contributed by atoms with Gasteiger partial charge in [-0.3, -0.25) is 0 Å². The van der Waals surface area contributed by atoms with Gasteiger partial charge < -0.3 is 0 Å². The molecule has 5 heteroatoms. The second-order valence-electron chi connectivity index (χ2n) is 3.73. The van der Waals surface area contributed by atoms with Crippen molar-refractivity contribution in [1.82, 2.24) is 0 Å². The van der Waals surface area contributed by atoms with Gasteiger partial charge in [0.05, 0.1) is 0 Å². The first-order valence-corrected chi connectivity index (χ1v) is 8.81. The first kappa shape index (κ1) is 10.5. The van der Waals surface area contributed by atoms with Gasteiger partial charge >= 0.3 is 7.94 Å². The van der Waals surface area contributed by atoms with E-state index in [9.17, 15) is 0 Å². The summed E-state index contributed by atoms with van der Waals surface area (Å²) in [5.74, 6) is 0. The highest BCUT2D eigenvalue weighted by Crippen LogP contribution is 2.45. The molecule has 0 radical (unpaired) electrons. The molecular weight excluding hydrogens is 167 g/mol. The molecule has 0 aliphatic rings. The Bertz CT molecular complexity index is 90.4. The summed E-state index contributed by atoms with van der Waals surface area (Å²) in [5, 5.41) is 0. The van der Waals surface area contributed by atoms with Crippen molar-refractivity contribution in [2.45, 2.75) is 25.7 Å². The van der Waals surface area contributed by atoms with Gasteiger partial charge in [0, 0.05) is 8.07 Å². The third-order valence-corrected chi connectivity index (χ3v) is 4.16. The van der Waals surface area contributed by atoms with E-state index in [1.54, 1.807) is 0 Å². The molecule has 0 amide bonds. The van der Waals surface area contributed by atoms with E-state index in [2.05, 4.69) is 19.6 Å². The van der Waals surface area contributed by atoms with Crippen LogP contribution >= 0.6 is 7.94 Å². The van der Waals surface area contributed by atoms with Crippen molar-refractivity contribution >= 4 is 16.0 Å². The fraction of sp³-hybridized carbons (Fsp3) is 1.00. The lowest BCUT2D eigenvalue weighted by Crippen LogP contribution is -2.21. The molecule has 0 spiro atoms. The maximum absolute atomic E-state index is 8.63. The molecule has 0 fully saturated rings. The predicted octanol–water partition coefficient (Wildman–Crippen LogP) is 1.06. The van der Waals surface area contributed by atoms with Crippen molar-refractivity contribution in [3.05, 3.63) is 0 Å². The molecule has 0 aromatic heterocycles. The zero-order valence-electron chi connectivity index (χ0n) is 6.70. The molecule has 0 heterocycles. The minimum atomic E-state index is -3.48. The average Bonchev–Trinajstić information content (AvgIpc) is 1.57. The van der Waals surface area contributed by atoms with Crippen molar-refractivity contribution < 1.29 is 14.7 Å². The zero-order chi connectivity index (χ0) is 8.41.